The molecule has 3 aromatic carbocycles. The summed E-state index contributed by atoms with van der Waals surface area (Å²) in [6, 6.07) is 25.1. The Hall–Kier alpha value is -2.66. The second kappa shape index (κ2) is 10.0. The van der Waals surface area contributed by atoms with Gasteiger partial charge in [0.25, 0.3) is 0 Å². The minimum Gasteiger partial charge on any atom is -0.396 e. The summed E-state index contributed by atoms with van der Waals surface area (Å²) in [5.74, 6) is 0. The molecule has 0 amide bonds. The first-order valence-electron chi connectivity index (χ1n) is 9.41. The summed E-state index contributed by atoms with van der Waals surface area (Å²) in [6.07, 6.45) is 0.664. The van der Waals surface area contributed by atoms with E-state index in [0.29, 0.717) is 19.6 Å². The van der Waals surface area contributed by atoms with E-state index in [4.69, 9.17) is 14.6 Å². The lowest BCUT2D eigenvalue weighted by atomic mass is 10.1. The summed E-state index contributed by atoms with van der Waals surface area (Å²) in [5.41, 5.74) is 6.63. The monoisotopic (exact) mass is 377 g/mol. The molecular weight excluding hydrogens is 350 g/mol. The third-order valence-corrected chi connectivity index (χ3v) is 4.61. The summed E-state index contributed by atoms with van der Waals surface area (Å²) in [5, 5.41) is 9.16. The molecule has 0 aromatic heterocycles. The van der Waals surface area contributed by atoms with Crippen LogP contribution in [0.1, 0.15) is 16.7 Å². The molecule has 0 saturated carbocycles. The molecular formula is C24H27NO3. The van der Waals surface area contributed by atoms with Crippen molar-refractivity contribution in [3.63, 3.8) is 0 Å². The van der Waals surface area contributed by atoms with Crippen molar-refractivity contribution in [2.75, 3.05) is 25.7 Å². The van der Waals surface area contributed by atoms with Gasteiger partial charge in [0.05, 0.1) is 13.2 Å². The van der Waals surface area contributed by atoms with Gasteiger partial charge in [0, 0.05) is 37.9 Å². The van der Waals surface area contributed by atoms with Crippen LogP contribution >= 0.6 is 0 Å². The highest BCUT2D eigenvalue weighted by Gasteiger charge is 2.12. The van der Waals surface area contributed by atoms with E-state index in [1.807, 2.05) is 0 Å². The summed E-state index contributed by atoms with van der Waals surface area (Å²) in [4.78, 5) is 2.22. The fourth-order valence-electron chi connectivity index (χ4n) is 3.20. The molecule has 0 heterocycles. The van der Waals surface area contributed by atoms with Crippen molar-refractivity contribution in [3.05, 3.63) is 89.5 Å². The molecule has 0 spiro atoms. The Morgan fingerprint density at radius 2 is 0.964 bits per heavy atom. The fraction of sp³-hybridized carbons (Fsp3) is 0.250. The predicted octanol–water partition coefficient (Wildman–Crippen LogP) is 4.98. The largest absolute Gasteiger partial charge is 0.396 e. The standard InChI is InChI=1S/C24H27NO3/c1-27-17-20-5-11-23(12-6-20)25(22-9-3-19(4-10-22)15-16-26)24-13-7-21(8-14-24)18-28-2/h3-14,26H,15-18H2,1-2H3. The highest BCUT2D eigenvalue weighted by atomic mass is 16.5. The van der Waals surface area contributed by atoms with Gasteiger partial charge in [0.2, 0.25) is 0 Å². The van der Waals surface area contributed by atoms with Gasteiger partial charge in [-0.1, -0.05) is 36.4 Å². The van der Waals surface area contributed by atoms with Crippen molar-refractivity contribution >= 4 is 17.1 Å². The lowest BCUT2D eigenvalue weighted by molar-refractivity contribution is 0.185. The van der Waals surface area contributed by atoms with Gasteiger partial charge in [0.15, 0.2) is 0 Å². The molecule has 0 aliphatic heterocycles. The van der Waals surface area contributed by atoms with Crippen LogP contribution in [0.4, 0.5) is 17.1 Å². The van der Waals surface area contributed by atoms with Crippen LogP contribution in [0, 0.1) is 0 Å². The molecule has 1 N–H and O–H groups in total. The van der Waals surface area contributed by atoms with Crippen molar-refractivity contribution in [3.8, 4) is 0 Å². The van der Waals surface area contributed by atoms with Crippen LogP contribution in [0.15, 0.2) is 72.8 Å². The second-order valence-electron chi connectivity index (χ2n) is 6.67. The van der Waals surface area contributed by atoms with Gasteiger partial charge in [-0.15, -0.1) is 0 Å². The van der Waals surface area contributed by atoms with E-state index in [1.54, 1.807) is 14.2 Å². The van der Waals surface area contributed by atoms with Crippen LogP contribution in [-0.2, 0) is 29.1 Å². The molecule has 0 fully saturated rings. The van der Waals surface area contributed by atoms with Crippen LogP contribution in [0.2, 0.25) is 0 Å². The fourth-order valence-corrected chi connectivity index (χ4v) is 3.20. The zero-order valence-corrected chi connectivity index (χ0v) is 16.5. The third-order valence-electron chi connectivity index (χ3n) is 4.61. The Bertz CT molecular complexity index is 725. The lowest BCUT2D eigenvalue weighted by Crippen LogP contribution is -2.10. The van der Waals surface area contributed by atoms with Crippen molar-refractivity contribution in [1.82, 2.24) is 0 Å². The Balaban J connectivity index is 1.97. The zero-order valence-electron chi connectivity index (χ0n) is 16.5. The smallest absolute Gasteiger partial charge is 0.0713 e. The van der Waals surface area contributed by atoms with E-state index in [1.165, 1.54) is 0 Å². The van der Waals surface area contributed by atoms with Crippen molar-refractivity contribution in [1.29, 1.82) is 0 Å². The lowest BCUT2D eigenvalue weighted by Gasteiger charge is -2.26. The van der Waals surface area contributed by atoms with E-state index in [0.717, 1.165) is 33.8 Å². The molecule has 0 aliphatic carbocycles. The van der Waals surface area contributed by atoms with Crippen molar-refractivity contribution < 1.29 is 14.6 Å². The molecule has 0 saturated heterocycles. The van der Waals surface area contributed by atoms with E-state index in [9.17, 15) is 0 Å². The number of anilines is 3. The summed E-state index contributed by atoms with van der Waals surface area (Å²) in [6.45, 7) is 1.36. The molecule has 4 heteroatoms. The summed E-state index contributed by atoms with van der Waals surface area (Å²) < 4.78 is 10.4. The average molecular weight is 377 g/mol. The van der Waals surface area contributed by atoms with E-state index < -0.39 is 0 Å². The second-order valence-corrected chi connectivity index (χ2v) is 6.67. The number of ether oxygens (including phenoxy) is 2. The van der Waals surface area contributed by atoms with Crippen LogP contribution < -0.4 is 4.90 Å². The first kappa shape index (κ1) is 20.1. The molecule has 146 valence electrons. The topological polar surface area (TPSA) is 41.9 Å². The highest BCUT2D eigenvalue weighted by Crippen LogP contribution is 2.35. The number of hydrogen-bond acceptors (Lipinski definition) is 4. The number of rotatable bonds is 9. The SMILES string of the molecule is COCc1ccc(N(c2ccc(CCO)cc2)c2ccc(COC)cc2)cc1. The summed E-state index contributed by atoms with van der Waals surface area (Å²) >= 11 is 0. The maximum absolute atomic E-state index is 9.16. The van der Waals surface area contributed by atoms with Gasteiger partial charge in [-0.25, -0.2) is 0 Å². The summed E-state index contributed by atoms with van der Waals surface area (Å²) in [7, 11) is 3.41. The molecule has 0 unspecified atom stereocenters. The predicted molar refractivity (Wildman–Crippen MR) is 113 cm³/mol. The van der Waals surface area contributed by atoms with Crippen LogP contribution in [0.3, 0.4) is 0 Å². The molecule has 0 aliphatic rings. The minimum atomic E-state index is 0.158. The Kier molecular flexibility index (Phi) is 7.20. The number of hydrogen-bond donors (Lipinski definition) is 1. The van der Waals surface area contributed by atoms with E-state index in [2.05, 4.69) is 77.7 Å². The van der Waals surface area contributed by atoms with E-state index in [-0.39, 0.29) is 6.61 Å². The van der Waals surface area contributed by atoms with Gasteiger partial charge in [-0.2, -0.15) is 0 Å². The molecule has 0 radical (unpaired) electrons. The average Bonchev–Trinajstić information content (AvgIpc) is 2.73. The number of methoxy groups -OCH3 is 2. The van der Waals surface area contributed by atoms with Crippen LogP contribution in [0.5, 0.6) is 0 Å². The van der Waals surface area contributed by atoms with Gasteiger partial charge in [-0.05, 0) is 59.5 Å². The highest BCUT2D eigenvalue weighted by molar-refractivity contribution is 5.76. The molecule has 28 heavy (non-hydrogen) atoms. The molecule has 4 nitrogen and oxygen atoms in total. The molecule has 3 rings (SSSR count). The van der Waals surface area contributed by atoms with Gasteiger partial charge in [0.1, 0.15) is 0 Å². The maximum atomic E-state index is 9.16. The maximum Gasteiger partial charge on any atom is 0.0713 e. The Morgan fingerprint density at radius 1 is 0.607 bits per heavy atom. The number of benzene rings is 3. The van der Waals surface area contributed by atoms with Crippen LogP contribution in [0.25, 0.3) is 0 Å². The quantitative estimate of drug-likeness (QED) is 0.571. The number of nitrogens with zero attached hydrogens (tertiary/aromatic N) is 1. The number of aliphatic hydroxyl groups is 1. The third kappa shape index (κ3) is 4.98. The molecule has 3 aromatic rings. The normalized spacial score (nSPS) is 10.8. The van der Waals surface area contributed by atoms with E-state index >= 15 is 0 Å². The molecule has 0 bridgehead atoms. The zero-order chi connectivity index (χ0) is 19.8. The molecule has 0 atom stereocenters. The minimum absolute atomic E-state index is 0.158. The van der Waals surface area contributed by atoms with Gasteiger partial charge < -0.3 is 19.5 Å². The first-order chi connectivity index (χ1) is 13.7. The first-order valence-corrected chi connectivity index (χ1v) is 9.41. The van der Waals surface area contributed by atoms with Crippen LogP contribution in [-0.4, -0.2) is 25.9 Å². The van der Waals surface area contributed by atoms with Crippen molar-refractivity contribution in [2.45, 2.75) is 19.6 Å². The Labute approximate surface area is 167 Å². The number of aliphatic hydroxyl groups excluding tert-OH is 1. The van der Waals surface area contributed by atoms with Gasteiger partial charge >= 0.3 is 0 Å². The van der Waals surface area contributed by atoms with Gasteiger partial charge in [-0.3, -0.25) is 0 Å². The Morgan fingerprint density at radius 3 is 1.29 bits per heavy atom. The van der Waals surface area contributed by atoms with Crippen molar-refractivity contribution in [2.24, 2.45) is 0 Å².